The summed E-state index contributed by atoms with van der Waals surface area (Å²) in [6, 6.07) is 0.273. The minimum Gasteiger partial charge on any atom is -0.314 e. The van der Waals surface area contributed by atoms with Crippen LogP contribution in [0.1, 0.15) is 41.0 Å². The number of carbonyl (C=O) groups is 2. The Labute approximate surface area is 125 Å². The molecule has 0 aromatic carbocycles. The zero-order valence-electron chi connectivity index (χ0n) is 13.5. The number of urea groups is 2. The predicted octanol–water partition coefficient (Wildman–Crippen LogP) is 1.23. The Kier molecular flexibility index (Phi) is 3.09. The molecule has 3 atom stereocenters. The summed E-state index contributed by atoms with van der Waals surface area (Å²) in [6.45, 7) is 11.4. The van der Waals surface area contributed by atoms with Gasteiger partial charge in [0.05, 0.1) is 13.3 Å². The molecule has 3 fully saturated rings. The van der Waals surface area contributed by atoms with Gasteiger partial charge in [-0.1, -0.05) is 6.92 Å². The van der Waals surface area contributed by atoms with Crippen LogP contribution in [-0.4, -0.2) is 68.9 Å². The second-order valence-corrected chi connectivity index (χ2v) is 7.20. The van der Waals surface area contributed by atoms with Crippen LogP contribution < -0.4 is 5.32 Å². The second-order valence-electron chi connectivity index (χ2n) is 7.20. The monoisotopic (exact) mass is 295 g/mol. The Morgan fingerprint density at radius 2 is 1.86 bits per heavy atom. The van der Waals surface area contributed by atoms with Crippen molar-refractivity contribution in [3.8, 4) is 0 Å². The smallest absolute Gasteiger partial charge is 0.314 e. The van der Waals surface area contributed by atoms with Crippen LogP contribution in [0.4, 0.5) is 9.59 Å². The van der Waals surface area contributed by atoms with Crippen LogP contribution in [0.3, 0.4) is 0 Å². The van der Waals surface area contributed by atoms with E-state index in [0.29, 0.717) is 19.4 Å². The summed E-state index contributed by atoms with van der Waals surface area (Å²) >= 11 is 0. The standard InChI is InChI=1S/C14H25N5O2/c1-6-9(2)16-7-17-11-10(15-12(17)20)19(14(3,4)5)13(21)18(11)8-16/h9-11H,6-8H2,1-5H3,(H,15,20)/t9-,10-,11-/m0/s1. The summed E-state index contributed by atoms with van der Waals surface area (Å²) in [4.78, 5) is 32.6. The fourth-order valence-corrected chi connectivity index (χ4v) is 3.45. The van der Waals surface area contributed by atoms with Crippen LogP contribution >= 0.6 is 0 Å². The van der Waals surface area contributed by atoms with Gasteiger partial charge in [-0.2, -0.15) is 0 Å². The van der Waals surface area contributed by atoms with Crippen molar-refractivity contribution in [2.45, 2.75) is 65.0 Å². The highest BCUT2D eigenvalue weighted by atomic mass is 16.2. The van der Waals surface area contributed by atoms with E-state index in [2.05, 4.69) is 24.1 Å². The van der Waals surface area contributed by atoms with E-state index in [4.69, 9.17) is 0 Å². The van der Waals surface area contributed by atoms with Crippen molar-refractivity contribution < 1.29 is 9.59 Å². The van der Waals surface area contributed by atoms with Crippen molar-refractivity contribution in [2.24, 2.45) is 0 Å². The van der Waals surface area contributed by atoms with Crippen LogP contribution in [0.15, 0.2) is 0 Å². The molecule has 3 heterocycles. The Balaban J connectivity index is 1.94. The van der Waals surface area contributed by atoms with Crippen molar-refractivity contribution in [1.29, 1.82) is 0 Å². The Bertz CT molecular complexity index is 474. The van der Waals surface area contributed by atoms with Gasteiger partial charge in [0.2, 0.25) is 0 Å². The average molecular weight is 295 g/mol. The number of nitrogens with zero attached hydrogens (tertiary/aromatic N) is 4. The van der Waals surface area contributed by atoms with Crippen LogP contribution in [0, 0.1) is 0 Å². The van der Waals surface area contributed by atoms with Crippen LogP contribution in [-0.2, 0) is 0 Å². The van der Waals surface area contributed by atoms with E-state index in [9.17, 15) is 9.59 Å². The number of rotatable bonds is 2. The molecule has 4 amide bonds. The summed E-state index contributed by atoms with van der Waals surface area (Å²) in [7, 11) is 0. The molecule has 0 aromatic heterocycles. The molecule has 7 heteroatoms. The van der Waals surface area contributed by atoms with Crippen molar-refractivity contribution in [3.63, 3.8) is 0 Å². The summed E-state index contributed by atoms with van der Waals surface area (Å²) in [5, 5.41) is 2.98. The highest BCUT2D eigenvalue weighted by molar-refractivity contribution is 5.85. The number of carbonyl (C=O) groups excluding carboxylic acids is 2. The predicted molar refractivity (Wildman–Crippen MR) is 78.1 cm³/mol. The summed E-state index contributed by atoms with van der Waals surface area (Å²) in [5.74, 6) is 0. The normalized spacial score (nSPS) is 30.8. The van der Waals surface area contributed by atoms with Gasteiger partial charge in [-0.25, -0.2) is 9.59 Å². The third-order valence-corrected chi connectivity index (χ3v) is 4.79. The first-order valence-electron chi connectivity index (χ1n) is 7.67. The van der Waals surface area contributed by atoms with Crippen molar-refractivity contribution in [3.05, 3.63) is 0 Å². The van der Waals surface area contributed by atoms with E-state index >= 15 is 0 Å². The largest absolute Gasteiger partial charge is 0.325 e. The molecular formula is C14H25N5O2. The quantitative estimate of drug-likeness (QED) is 0.833. The number of nitrogens with one attached hydrogen (secondary N) is 1. The first kappa shape index (κ1) is 14.4. The number of hydrogen-bond donors (Lipinski definition) is 1. The van der Waals surface area contributed by atoms with Gasteiger partial charge >= 0.3 is 12.1 Å². The maximum atomic E-state index is 12.8. The van der Waals surface area contributed by atoms with Gasteiger partial charge in [0.15, 0.2) is 6.17 Å². The highest BCUT2D eigenvalue weighted by Crippen LogP contribution is 2.36. The molecule has 0 spiro atoms. The summed E-state index contributed by atoms with van der Waals surface area (Å²) in [5.41, 5.74) is -0.316. The first-order valence-corrected chi connectivity index (χ1v) is 7.67. The lowest BCUT2D eigenvalue weighted by atomic mass is 10.1. The van der Waals surface area contributed by atoms with E-state index < -0.39 is 0 Å². The van der Waals surface area contributed by atoms with E-state index in [1.54, 1.807) is 9.80 Å². The van der Waals surface area contributed by atoms with Crippen LogP contribution in [0.5, 0.6) is 0 Å². The van der Waals surface area contributed by atoms with Gasteiger partial charge in [0.25, 0.3) is 0 Å². The molecule has 3 aliphatic rings. The first-order chi connectivity index (χ1) is 9.75. The molecule has 118 valence electrons. The van der Waals surface area contributed by atoms with E-state index in [1.165, 1.54) is 0 Å². The van der Waals surface area contributed by atoms with Gasteiger partial charge in [0.1, 0.15) is 6.17 Å². The molecule has 0 aromatic rings. The topological polar surface area (TPSA) is 59.1 Å². The van der Waals surface area contributed by atoms with Crippen LogP contribution in [0.2, 0.25) is 0 Å². The fraction of sp³-hybridized carbons (Fsp3) is 0.857. The zero-order chi connectivity index (χ0) is 15.5. The van der Waals surface area contributed by atoms with E-state index in [-0.39, 0.29) is 29.9 Å². The van der Waals surface area contributed by atoms with Crippen LogP contribution in [0.25, 0.3) is 0 Å². The molecule has 3 saturated heterocycles. The molecule has 0 radical (unpaired) electrons. The molecule has 0 aliphatic carbocycles. The van der Waals surface area contributed by atoms with Crippen molar-refractivity contribution in [1.82, 2.24) is 24.9 Å². The third-order valence-electron chi connectivity index (χ3n) is 4.79. The van der Waals surface area contributed by atoms with Crippen molar-refractivity contribution >= 4 is 12.1 Å². The van der Waals surface area contributed by atoms with Gasteiger partial charge in [-0.3, -0.25) is 19.6 Å². The van der Waals surface area contributed by atoms with E-state index in [1.807, 2.05) is 25.7 Å². The number of hydrogen-bond acceptors (Lipinski definition) is 3. The molecule has 7 nitrogen and oxygen atoms in total. The second kappa shape index (κ2) is 4.50. The van der Waals surface area contributed by atoms with Gasteiger partial charge in [0, 0.05) is 11.6 Å². The molecule has 1 N–H and O–H groups in total. The highest BCUT2D eigenvalue weighted by Gasteiger charge is 2.60. The lowest BCUT2D eigenvalue weighted by Crippen LogP contribution is -2.61. The minimum absolute atomic E-state index is 0.00973. The Hall–Kier alpha value is -1.50. The average Bonchev–Trinajstić information content (AvgIpc) is 2.87. The maximum absolute atomic E-state index is 12.8. The molecule has 0 bridgehead atoms. The van der Waals surface area contributed by atoms with Gasteiger partial charge in [-0.05, 0) is 34.1 Å². The summed E-state index contributed by atoms with van der Waals surface area (Å²) < 4.78 is 0. The maximum Gasteiger partial charge on any atom is 0.325 e. The third kappa shape index (κ3) is 1.97. The van der Waals surface area contributed by atoms with Gasteiger partial charge in [-0.15, -0.1) is 0 Å². The molecule has 0 saturated carbocycles. The van der Waals surface area contributed by atoms with E-state index in [0.717, 1.165) is 6.42 Å². The lowest BCUT2D eigenvalue weighted by molar-refractivity contribution is -0.0293. The molecule has 3 rings (SSSR count). The van der Waals surface area contributed by atoms with Crippen molar-refractivity contribution in [2.75, 3.05) is 13.3 Å². The number of amides is 4. The molecular weight excluding hydrogens is 270 g/mol. The fourth-order valence-electron chi connectivity index (χ4n) is 3.45. The zero-order valence-corrected chi connectivity index (χ0v) is 13.5. The molecule has 3 aliphatic heterocycles. The van der Waals surface area contributed by atoms with Gasteiger partial charge < -0.3 is 5.32 Å². The SMILES string of the molecule is CC[C@H](C)N1CN2C(=O)N[C@@H]3[C@@H]2N(C1)C(=O)N3C(C)(C)C. The lowest BCUT2D eigenvalue weighted by Gasteiger charge is -2.43. The Morgan fingerprint density at radius 3 is 2.43 bits per heavy atom. The Morgan fingerprint density at radius 1 is 1.24 bits per heavy atom. The summed E-state index contributed by atoms with van der Waals surface area (Å²) in [6.07, 6.45) is 0.572. The molecule has 21 heavy (non-hydrogen) atoms. The molecule has 0 unspecified atom stereocenters. The minimum atomic E-state index is -0.316.